The van der Waals surface area contributed by atoms with E-state index in [0.29, 0.717) is 23.9 Å². The van der Waals surface area contributed by atoms with Gasteiger partial charge in [0.15, 0.2) is 5.82 Å². The number of aromatic nitrogens is 3. The molecule has 0 saturated heterocycles. The van der Waals surface area contributed by atoms with Gasteiger partial charge in [0.25, 0.3) is 0 Å². The van der Waals surface area contributed by atoms with Crippen molar-refractivity contribution in [3.63, 3.8) is 0 Å². The molecule has 132 valence electrons. The van der Waals surface area contributed by atoms with Gasteiger partial charge in [-0.3, -0.25) is 0 Å². The van der Waals surface area contributed by atoms with Gasteiger partial charge < -0.3 is 4.90 Å². The summed E-state index contributed by atoms with van der Waals surface area (Å²) in [5, 5.41) is 4.46. The molecule has 1 aromatic heterocycles. The lowest BCUT2D eigenvalue weighted by Crippen LogP contribution is -2.40. The van der Waals surface area contributed by atoms with Crippen LogP contribution in [0.2, 0.25) is 0 Å². The maximum atomic E-state index is 12.8. The Balaban J connectivity index is 2.58. The van der Waals surface area contributed by atoms with Crippen molar-refractivity contribution in [2.24, 2.45) is 0 Å². The Hall–Kier alpha value is -1.93. The second kappa shape index (κ2) is 6.52. The van der Waals surface area contributed by atoms with Crippen LogP contribution in [0.5, 0.6) is 0 Å². The highest BCUT2D eigenvalue weighted by Crippen LogP contribution is 2.27. The summed E-state index contributed by atoms with van der Waals surface area (Å²) in [4.78, 5) is 6.54. The minimum atomic E-state index is -3.68. The van der Waals surface area contributed by atoms with E-state index in [9.17, 15) is 8.42 Å². The first-order valence-electron chi connectivity index (χ1n) is 7.80. The summed E-state index contributed by atoms with van der Waals surface area (Å²) in [6.07, 6.45) is 0. The zero-order valence-corrected chi connectivity index (χ0v) is 15.8. The fourth-order valence-electron chi connectivity index (χ4n) is 2.33. The van der Waals surface area contributed by atoms with Gasteiger partial charge in [-0.1, -0.05) is 12.1 Å². The number of anilines is 1. The van der Waals surface area contributed by atoms with Crippen molar-refractivity contribution in [1.82, 2.24) is 19.5 Å². The van der Waals surface area contributed by atoms with Crippen LogP contribution >= 0.6 is 0 Å². The van der Waals surface area contributed by atoms with Crippen LogP contribution in [0.3, 0.4) is 0 Å². The minimum Gasteiger partial charge on any atom is -0.347 e. The number of hydrogen-bond acceptors (Lipinski definition) is 5. The van der Waals surface area contributed by atoms with Crippen LogP contribution in [-0.4, -0.2) is 42.8 Å². The summed E-state index contributed by atoms with van der Waals surface area (Å²) in [5.41, 5.74) is -0.0821. The van der Waals surface area contributed by atoms with E-state index in [0.717, 1.165) is 0 Å². The summed E-state index contributed by atoms with van der Waals surface area (Å²) in [7, 11) is 0.0772. The van der Waals surface area contributed by atoms with Crippen LogP contribution in [0.4, 0.5) is 5.95 Å². The summed E-state index contributed by atoms with van der Waals surface area (Å²) in [5.74, 6) is 1.08. The van der Waals surface area contributed by atoms with Gasteiger partial charge in [-0.25, -0.2) is 17.8 Å². The van der Waals surface area contributed by atoms with E-state index in [2.05, 4.69) is 14.8 Å². The van der Waals surface area contributed by atoms with Crippen LogP contribution in [0.1, 0.15) is 27.7 Å². The maximum absolute atomic E-state index is 12.8. The maximum Gasteiger partial charge on any atom is 0.241 e. The molecule has 0 aliphatic heterocycles. The second-order valence-corrected chi connectivity index (χ2v) is 8.45. The van der Waals surface area contributed by atoms with E-state index >= 15 is 0 Å². The predicted octanol–water partition coefficient (Wildman–Crippen LogP) is 2.11. The quantitative estimate of drug-likeness (QED) is 0.892. The highest BCUT2D eigenvalue weighted by molar-refractivity contribution is 7.89. The molecule has 0 bridgehead atoms. The molecule has 0 saturated carbocycles. The average molecular weight is 351 g/mol. The Morgan fingerprint density at radius 2 is 1.83 bits per heavy atom. The lowest BCUT2D eigenvalue weighted by molar-refractivity contribution is 0.491. The molecule has 0 aliphatic rings. The molecule has 1 aromatic carbocycles. The van der Waals surface area contributed by atoms with Crippen LogP contribution < -0.4 is 9.62 Å². The minimum absolute atomic E-state index is 0.179. The highest BCUT2D eigenvalue weighted by atomic mass is 32.2. The van der Waals surface area contributed by atoms with E-state index in [1.54, 1.807) is 49.7 Å². The molecule has 8 heteroatoms. The van der Waals surface area contributed by atoms with Crippen LogP contribution in [0.25, 0.3) is 11.4 Å². The Morgan fingerprint density at radius 1 is 1.21 bits per heavy atom. The first kappa shape index (κ1) is 18.4. The van der Waals surface area contributed by atoms with Gasteiger partial charge in [-0.15, -0.1) is 5.10 Å². The molecule has 1 N–H and O–H groups in total. The molecule has 7 nitrogen and oxygen atoms in total. The number of hydrogen-bond donors (Lipinski definition) is 1. The first-order valence-corrected chi connectivity index (χ1v) is 9.29. The van der Waals surface area contributed by atoms with Crippen molar-refractivity contribution in [3.8, 4) is 11.4 Å². The number of sulfonamides is 1. The average Bonchev–Trinajstić information content (AvgIpc) is 2.89. The van der Waals surface area contributed by atoms with E-state index in [1.807, 2.05) is 25.9 Å². The summed E-state index contributed by atoms with van der Waals surface area (Å²) in [6.45, 7) is 8.04. The zero-order valence-electron chi connectivity index (χ0n) is 15.0. The third-order valence-electron chi connectivity index (χ3n) is 3.21. The molecule has 1 heterocycles. The summed E-state index contributed by atoms with van der Waals surface area (Å²) < 4.78 is 29.9. The highest BCUT2D eigenvalue weighted by Gasteiger charge is 2.26. The second-order valence-electron chi connectivity index (χ2n) is 6.80. The Kier molecular flexibility index (Phi) is 5.00. The first-order chi connectivity index (χ1) is 11.0. The fourth-order valence-corrected chi connectivity index (χ4v) is 3.96. The third-order valence-corrected chi connectivity index (χ3v) is 5.03. The van der Waals surface area contributed by atoms with Crippen molar-refractivity contribution < 1.29 is 8.42 Å². The van der Waals surface area contributed by atoms with E-state index in [1.165, 1.54) is 0 Å². The zero-order chi connectivity index (χ0) is 18.1. The van der Waals surface area contributed by atoms with Gasteiger partial charge in [0.1, 0.15) is 0 Å². The van der Waals surface area contributed by atoms with Gasteiger partial charge >= 0.3 is 0 Å². The molecule has 0 amide bonds. The van der Waals surface area contributed by atoms with Gasteiger partial charge in [-0.2, -0.15) is 4.98 Å². The monoisotopic (exact) mass is 351 g/mol. The lowest BCUT2D eigenvalue weighted by Gasteiger charge is -2.21. The predicted molar refractivity (Wildman–Crippen MR) is 95.5 cm³/mol. The lowest BCUT2D eigenvalue weighted by atomic mass is 10.1. The van der Waals surface area contributed by atoms with Crippen LogP contribution in [0.15, 0.2) is 29.2 Å². The van der Waals surface area contributed by atoms with Crippen molar-refractivity contribution >= 4 is 16.0 Å². The Morgan fingerprint density at radius 3 is 2.33 bits per heavy atom. The number of nitrogens with one attached hydrogen (secondary N) is 1. The van der Waals surface area contributed by atoms with Gasteiger partial charge in [0.2, 0.25) is 16.0 Å². The molecule has 2 aromatic rings. The van der Waals surface area contributed by atoms with Crippen molar-refractivity contribution in [2.45, 2.75) is 44.7 Å². The molecule has 0 unspecified atom stereocenters. The topological polar surface area (TPSA) is 80.1 Å². The molecular formula is C16H25N5O2S. The largest absolute Gasteiger partial charge is 0.347 e. The molecule has 0 radical (unpaired) electrons. The molecule has 24 heavy (non-hydrogen) atoms. The SMILES string of the molecule is CCn1nc(-c2ccccc2S(=O)(=O)NC(C)(C)C)nc1N(C)C. The van der Waals surface area contributed by atoms with Crippen molar-refractivity contribution in [1.29, 1.82) is 0 Å². The molecule has 0 atom stereocenters. The smallest absolute Gasteiger partial charge is 0.241 e. The summed E-state index contributed by atoms with van der Waals surface area (Å²) >= 11 is 0. The summed E-state index contributed by atoms with van der Waals surface area (Å²) in [6, 6.07) is 6.79. The third kappa shape index (κ3) is 3.93. The number of rotatable bonds is 5. The molecular weight excluding hydrogens is 326 g/mol. The van der Waals surface area contributed by atoms with Crippen LogP contribution in [0, 0.1) is 0 Å². The molecule has 0 fully saturated rings. The van der Waals surface area contributed by atoms with Gasteiger partial charge in [0.05, 0.1) is 4.90 Å². The van der Waals surface area contributed by atoms with E-state index in [-0.39, 0.29) is 4.90 Å². The van der Waals surface area contributed by atoms with E-state index in [4.69, 9.17) is 0 Å². The normalized spacial score (nSPS) is 12.4. The number of benzene rings is 1. The molecule has 2 rings (SSSR count). The molecule has 0 spiro atoms. The van der Waals surface area contributed by atoms with E-state index < -0.39 is 15.6 Å². The van der Waals surface area contributed by atoms with Gasteiger partial charge in [-0.05, 0) is 39.8 Å². The standard InChI is InChI=1S/C16H25N5O2S/c1-7-21-15(20(5)6)17-14(18-21)12-10-8-9-11-13(12)24(22,23)19-16(2,3)4/h8-11,19H,7H2,1-6H3. The molecule has 0 aliphatic carbocycles. The van der Waals surface area contributed by atoms with Crippen LogP contribution in [-0.2, 0) is 16.6 Å². The fraction of sp³-hybridized carbons (Fsp3) is 0.500. The van der Waals surface area contributed by atoms with Gasteiger partial charge in [0, 0.05) is 31.7 Å². The Bertz CT molecular complexity index is 819. The number of nitrogens with zero attached hydrogens (tertiary/aromatic N) is 4. The van der Waals surface area contributed by atoms with Crippen molar-refractivity contribution in [3.05, 3.63) is 24.3 Å². The Labute approximate surface area is 143 Å². The van der Waals surface area contributed by atoms with Crippen molar-refractivity contribution in [2.75, 3.05) is 19.0 Å². The number of aryl methyl sites for hydroxylation is 1.